The summed E-state index contributed by atoms with van der Waals surface area (Å²) in [5, 5.41) is 9.86. The van der Waals surface area contributed by atoms with Crippen molar-refractivity contribution < 1.29 is 9.90 Å². The number of piperidine rings is 2. The molecule has 0 bridgehead atoms. The molecule has 0 aliphatic carbocycles. The van der Waals surface area contributed by atoms with E-state index in [-0.39, 0.29) is 12.0 Å². The summed E-state index contributed by atoms with van der Waals surface area (Å²) in [6, 6.07) is 8.76. The van der Waals surface area contributed by atoms with Crippen molar-refractivity contribution in [1.82, 2.24) is 9.80 Å². The first-order chi connectivity index (χ1) is 12.0. The van der Waals surface area contributed by atoms with Gasteiger partial charge in [0.25, 0.3) is 0 Å². The molecule has 2 aliphatic rings. The zero-order chi connectivity index (χ0) is 17.8. The molecule has 0 spiro atoms. The monoisotopic (exact) mass is 345 g/mol. The minimum absolute atomic E-state index is 0.168. The molecular weight excluding hydrogens is 314 g/mol. The molecule has 2 aliphatic heterocycles. The van der Waals surface area contributed by atoms with Crippen molar-refractivity contribution in [2.45, 2.75) is 44.2 Å². The fourth-order valence-corrected chi connectivity index (χ4v) is 3.99. The highest BCUT2D eigenvalue weighted by Gasteiger charge is 2.29. The summed E-state index contributed by atoms with van der Waals surface area (Å²) in [4.78, 5) is 19.1. The van der Waals surface area contributed by atoms with Crippen LogP contribution >= 0.6 is 0 Å². The van der Waals surface area contributed by atoms with Crippen molar-refractivity contribution in [3.05, 3.63) is 29.8 Å². The van der Waals surface area contributed by atoms with Crippen molar-refractivity contribution in [2.24, 2.45) is 0 Å². The Bertz CT molecular complexity index is 565. The number of anilines is 1. The molecule has 5 heteroatoms. The van der Waals surface area contributed by atoms with Gasteiger partial charge in [-0.25, -0.2) is 0 Å². The number of benzene rings is 1. The lowest BCUT2D eigenvalue weighted by molar-refractivity contribution is -0.132. The molecule has 0 radical (unpaired) electrons. The summed E-state index contributed by atoms with van der Waals surface area (Å²) < 4.78 is 0. The SMILES string of the molecule is CN(C)c1ccc(CC(=O)N2CCC(N3CCC[C@H](O)C3)CC2)cc1. The van der Waals surface area contributed by atoms with Gasteiger partial charge in [-0.1, -0.05) is 12.1 Å². The summed E-state index contributed by atoms with van der Waals surface area (Å²) in [5.74, 6) is 0.231. The number of hydrogen-bond donors (Lipinski definition) is 1. The first-order valence-electron chi connectivity index (χ1n) is 9.49. The Morgan fingerprint density at radius 2 is 1.80 bits per heavy atom. The Labute approximate surface area is 151 Å². The van der Waals surface area contributed by atoms with E-state index in [9.17, 15) is 9.90 Å². The van der Waals surface area contributed by atoms with Crippen LogP contribution in [0.15, 0.2) is 24.3 Å². The van der Waals surface area contributed by atoms with E-state index < -0.39 is 0 Å². The fraction of sp³-hybridized carbons (Fsp3) is 0.650. The normalized spacial score (nSPS) is 22.8. The molecule has 5 nitrogen and oxygen atoms in total. The summed E-state index contributed by atoms with van der Waals surface area (Å²) in [5.41, 5.74) is 2.23. The van der Waals surface area contributed by atoms with Crippen molar-refractivity contribution in [2.75, 3.05) is 45.2 Å². The largest absolute Gasteiger partial charge is 0.392 e. The van der Waals surface area contributed by atoms with Crippen LogP contribution in [0, 0.1) is 0 Å². The third kappa shape index (κ3) is 4.73. The molecule has 2 fully saturated rings. The molecule has 0 aromatic heterocycles. The maximum atomic E-state index is 12.6. The van der Waals surface area contributed by atoms with Crippen LogP contribution < -0.4 is 4.90 Å². The molecule has 1 aromatic carbocycles. The van der Waals surface area contributed by atoms with Crippen LogP contribution in [-0.2, 0) is 11.2 Å². The second kappa shape index (κ2) is 8.19. The van der Waals surface area contributed by atoms with E-state index >= 15 is 0 Å². The minimum atomic E-state index is -0.168. The molecule has 25 heavy (non-hydrogen) atoms. The van der Waals surface area contributed by atoms with Gasteiger partial charge >= 0.3 is 0 Å². The molecule has 3 rings (SSSR count). The van der Waals surface area contributed by atoms with E-state index in [1.807, 2.05) is 19.0 Å². The van der Waals surface area contributed by atoms with Crippen LogP contribution in [0.1, 0.15) is 31.2 Å². The fourth-order valence-electron chi connectivity index (χ4n) is 3.99. The van der Waals surface area contributed by atoms with E-state index in [2.05, 4.69) is 34.1 Å². The van der Waals surface area contributed by atoms with Crippen LogP contribution in [0.4, 0.5) is 5.69 Å². The van der Waals surface area contributed by atoms with E-state index in [1.165, 1.54) is 0 Å². The summed E-state index contributed by atoms with van der Waals surface area (Å²) in [6.45, 7) is 3.57. The minimum Gasteiger partial charge on any atom is -0.392 e. The number of carbonyl (C=O) groups is 1. The second-order valence-electron chi connectivity index (χ2n) is 7.64. The number of amides is 1. The Balaban J connectivity index is 1.48. The van der Waals surface area contributed by atoms with Gasteiger partial charge in [-0.2, -0.15) is 0 Å². The average molecular weight is 345 g/mol. The maximum absolute atomic E-state index is 12.6. The molecular formula is C20H31N3O2. The molecule has 2 heterocycles. The van der Waals surface area contributed by atoms with Gasteiger partial charge in [0.2, 0.25) is 5.91 Å². The average Bonchev–Trinajstić information content (AvgIpc) is 2.62. The van der Waals surface area contributed by atoms with Crippen LogP contribution in [-0.4, -0.2) is 73.2 Å². The van der Waals surface area contributed by atoms with Crippen LogP contribution in [0.2, 0.25) is 0 Å². The van der Waals surface area contributed by atoms with Crippen molar-refractivity contribution in [1.29, 1.82) is 0 Å². The lowest BCUT2D eigenvalue weighted by Gasteiger charge is -2.41. The maximum Gasteiger partial charge on any atom is 0.226 e. The van der Waals surface area contributed by atoms with Crippen LogP contribution in [0.5, 0.6) is 0 Å². The zero-order valence-corrected chi connectivity index (χ0v) is 15.5. The zero-order valence-electron chi connectivity index (χ0n) is 15.5. The summed E-state index contributed by atoms with van der Waals surface area (Å²) in [7, 11) is 4.04. The molecule has 1 N–H and O–H groups in total. The molecule has 0 unspecified atom stereocenters. The standard InChI is InChI=1S/C20H31N3O2/c1-21(2)17-7-5-16(6-8-17)14-20(25)22-12-9-18(10-13-22)23-11-3-4-19(24)15-23/h5-8,18-19,24H,3-4,9-15H2,1-2H3/t19-/m0/s1. The molecule has 1 amide bonds. The third-order valence-electron chi connectivity index (χ3n) is 5.57. The number of likely N-dealkylation sites (tertiary alicyclic amines) is 2. The van der Waals surface area contributed by atoms with Gasteiger partial charge in [0.1, 0.15) is 0 Å². The number of β-amino-alcohol motifs (C(OH)–C–C–N with tert-alkyl or cyclic N) is 1. The van der Waals surface area contributed by atoms with Crippen molar-refractivity contribution in [3.63, 3.8) is 0 Å². The van der Waals surface area contributed by atoms with Gasteiger partial charge in [-0.3, -0.25) is 9.69 Å². The molecule has 2 saturated heterocycles. The Morgan fingerprint density at radius 1 is 1.12 bits per heavy atom. The Kier molecular flexibility index (Phi) is 5.97. The van der Waals surface area contributed by atoms with Gasteiger partial charge in [0.05, 0.1) is 12.5 Å². The van der Waals surface area contributed by atoms with E-state index in [0.29, 0.717) is 12.5 Å². The van der Waals surface area contributed by atoms with Crippen LogP contribution in [0.25, 0.3) is 0 Å². The highest BCUT2D eigenvalue weighted by Crippen LogP contribution is 2.22. The predicted molar refractivity (Wildman–Crippen MR) is 101 cm³/mol. The summed E-state index contributed by atoms with van der Waals surface area (Å²) >= 11 is 0. The number of hydrogen-bond acceptors (Lipinski definition) is 4. The summed E-state index contributed by atoms with van der Waals surface area (Å²) in [6.07, 6.45) is 4.39. The van der Waals surface area contributed by atoms with Gasteiger partial charge in [0.15, 0.2) is 0 Å². The number of carbonyl (C=O) groups excluding carboxylic acids is 1. The smallest absolute Gasteiger partial charge is 0.226 e. The highest BCUT2D eigenvalue weighted by molar-refractivity contribution is 5.79. The first kappa shape index (κ1) is 18.2. The van der Waals surface area contributed by atoms with Crippen molar-refractivity contribution in [3.8, 4) is 0 Å². The van der Waals surface area contributed by atoms with Gasteiger partial charge < -0.3 is 14.9 Å². The van der Waals surface area contributed by atoms with E-state index in [0.717, 1.165) is 63.1 Å². The van der Waals surface area contributed by atoms with Crippen LogP contribution in [0.3, 0.4) is 0 Å². The van der Waals surface area contributed by atoms with E-state index in [4.69, 9.17) is 0 Å². The molecule has 1 aromatic rings. The number of nitrogens with zero attached hydrogens (tertiary/aromatic N) is 3. The predicted octanol–water partition coefficient (Wildman–Crippen LogP) is 1.74. The first-order valence-corrected chi connectivity index (χ1v) is 9.49. The molecule has 138 valence electrons. The lowest BCUT2D eigenvalue weighted by atomic mass is 9.98. The Hall–Kier alpha value is -1.59. The van der Waals surface area contributed by atoms with Gasteiger partial charge in [-0.15, -0.1) is 0 Å². The topological polar surface area (TPSA) is 47.0 Å². The quantitative estimate of drug-likeness (QED) is 0.903. The van der Waals surface area contributed by atoms with Gasteiger partial charge in [-0.05, 0) is 49.9 Å². The Morgan fingerprint density at radius 3 is 2.40 bits per heavy atom. The molecule has 1 atom stereocenters. The van der Waals surface area contributed by atoms with Gasteiger partial charge in [0, 0.05) is 45.5 Å². The second-order valence-corrected chi connectivity index (χ2v) is 7.64. The number of aliphatic hydroxyl groups excluding tert-OH is 1. The van der Waals surface area contributed by atoms with Crippen molar-refractivity contribution >= 4 is 11.6 Å². The lowest BCUT2D eigenvalue weighted by Crippen LogP contribution is -2.50. The molecule has 0 saturated carbocycles. The third-order valence-corrected chi connectivity index (χ3v) is 5.57. The highest BCUT2D eigenvalue weighted by atomic mass is 16.3. The number of aliphatic hydroxyl groups is 1. The van der Waals surface area contributed by atoms with E-state index in [1.54, 1.807) is 0 Å². The number of rotatable bonds is 4.